The minimum absolute atomic E-state index is 0.715. The molecule has 0 aromatic heterocycles. The number of hydroxylamine groups is 1. The van der Waals surface area contributed by atoms with Crippen molar-refractivity contribution in [2.24, 2.45) is 0 Å². The standard InChI is InChI=1S/C13H21NO/c1-4-6-10-14(15)13-9-7-8-11(3)12(13)5-2/h7-9,15H,4-6,10H2,1-3H3. The van der Waals surface area contributed by atoms with Gasteiger partial charge in [-0.05, 0) is 37.0 Å². The highest BCUT2D eigenvalue weighted by Crippen LogP contribution is 2.23. The maximum atomic E-state index is 9.92. The highest BCUT2D eigenvalue weighted by molar-refractivity contribution is 5.54. The summed E-state index contributed by atoms with van der Waals surface area (Å²) in [7, 11) is 0. The van der Waals surface area contributed by atoms with Crippen molar-refractivity contribution in [3.05, 3.63) is 29.3 Å². The molecule has 1 aromatic carbocycles. The van der Waals surface area contributed by atoms with Crippen LogP contribution < -0.4 is 5.06 Å². The van der Waals surface area contributed by atoms with Gasteiger partial charge in [-0.25, -0.2) is 0 Å². The summed E-state index contributed by atoms with van der Waals surface area (Å²) < 4.78 is 0. The van der Waals surface area contributed by atoms with Crippen molar-refractivity contribution in [1.29, 1.82) is 0 Å². The van der Waals surface area contributed by atoms with Crippen LogP contribution in [-0.4, -0.2) is 11.8 Å². The van der Waals surface area contributed by atoms with Crippen LogP contribution >= 0.6 is 0 Å². The number of anilines is 1. The normalized spacial score (nSPS) is 10.4. The summed E-state index contributed by atoms with van der Waals surface area (Å²) in [5, 5.41) is 11.3. The highest BCUT2D eigenvalue weighted by atomic mass is 16.5. The lowest BCUT2D eigenvalue weighted by Crippen LogP contribution is -2.20. The van der Waals surface area contributed by atoms with Gasteiger partial charge in [0.2, 0.25) is 0 Å². The minimum atomic E-state index is 0.715. The van der Waals surface area contributed by atoms with Crippen LogP contribution in [0.1, 0.15) is 37.8 Å². The first kappa shape index (κ1) is 12.1. The van der Waals surface area contributed by atoms with Gasteiger partial charge in [0.1, 0.15) is 0 Å². The largest absolute Gasteiger partial charge is 0.288 e. The van der Waals surface area contributed by atoms with Crippen molar-refractivity contribution >= 4 is 5.69 Å². The zero-order valence-electron chi connectivity index (χ0n) is 9.95. The fourth-order valence-corrected chi connectivity index (χ4v) is 1.82. The smallest absolute Gasteiger partial charge is 0.0668 e. The Morgan fingerprint density at radius 3 is 2.60 bits per heavy atom. The quantitative estimate of drug-likeness (QED) is 0.746. The molecule has 0 aliphatic carbocycles. The Bertz CT molecular complexity index is 309. The first-order valence-electron chi connectivity index (χ1n) is 5.75. The molecule has 2 heteroatoms. The third kappa shape index (κ3) is 2.96. The van der Waals surface area contributed by atoms with Crippen molar-refractivity contribution in [3.63, 3.8) is 0 Å². The van der Waals surface area contributed by atoms with E-state index in [1.54, 1.807) is 0 Å². The molecule has 0 amide bonds. The van der Waals surface area contributed by atoms with Crippen molar-refractivity contribution in [2.75, 3.05) is 11.6 Å². The third-order valence-corrected chi connectivity index (χ3v) is 2.74. The van der Waals surface area contributed by atoms with Crippen molar-refractivity contribution in [1.82, 2.24) is 0 Å². The number of rotatable bonds is 5. The third-order valence-electron chi connectivity index (χ3n) is 2.74. The molecule has 0 saturated heterocycles. The molecule has 0 fully saturated rings. The van der Waals surface area contributed by atoms with Crippen LogP contribution in [0.5, 0.6) is 0 Å². The van der Waals surface area contributed by atoms with E-state index in [-0.39, 0.29) is 0 Å². The lowest BCUT2D eigenvalue weighted by Gasteiger charge is -2.20. The highest BCUT2D eigenvalue weighted by Gasteiger charge is 2.08. The van der Waals surface area contributed by atoms with Crippen molar-refractivity contribution in [2.45, 2.75) is 40.0 Å². The number of benzene rings is 1. The van der Waals surface area contributed by atoms with Gasteiger partial charge in [0, 0.05) is 6.54 Å². The molecule has 0 unspecified atom stereocenters. The van der Waals surface area contributed by atoms with Gasteiger partial charge in [0.05, 0.1) is 5.69 Å². The van der Waals surface area contributed by atoms with Gasteiger partial charge >= 0.3 is 0 Å². The zero-order valence-corrected chi connectivity index (χ0v) is 9.95. The Morgan fingerprint density at radius 1 is 1.27 bits per heavy atom. The Kier molecular flexibility index (Phi) is 4.63. The van der Waals surface area contributed by atoms with E-state index in [9.17, 15) is 5.21 Å². The Hall–Kier alpha value is -1.02. The van der Waals surface area contributed by atoms with Crippen LogP contribution in [-0.2, 0) is 6.42 Å². The summed E-state index contributed by atoms with van der Waals surface area (Å²) in [6, 6.07) is 6.08. The first-order valence-corrected chi connectivity index (χ1v) is 5.75. The molecule has 2 nitrogen and oxygen atoms in total. The summed E-state index contributed by atoms with van der Waals surface area (Å²) >= 11 is 0. The van der Waals surface area contributed by atoms with Gasteiger partial charge in [-0.1, -0.05) is 32.4 Å². The monoisotopic (exact) mass is 207 g/mol. The van der Waals surface area contributed by atoms with Gasteiger partial charge < -0.3 is 0 Å². The summed E-state index contributed by atoms with van der Waals surface area (Å²) in [4.78, 5) is 0. The molecule has 0 aliphatic heterocycles. The Balaban J connectivity index is 2.87. The molecule has 84 valence electrons. The van der Waals surface area contributed by atoms with Crippen LogP contribution in [0.25, 0.3) is 0 Å². The second-order valence-corrected chi connectivity index (χ2v) is 3.90. The SMILES string of the molecule is CCCCN(O)c1cccc(C)c1CC. The first-order chi connectivity index (χ1) is 7.20. The molecule has 0 heterocycles. The molecular weight excluding hydrogens is 186 g/mol. The molecule has 0 spiro atoms. The molecule has 0 bridgehead atoms. The minimum Gasteiger partial charge on any atom is -0.288 e. The van der Waals surface area contributed by atoms with E-state index >= 15 is 0 Å². The number of hydrogen-bond donors (Lipinski definition) is 1. The van der Waals surface area contributed by atoms with E-state index in [0.717, 1.165) is 24.9 Å². The van der Waals surface area contributed by atoms with Crippen LogP contribution in [0.3, 0.4) is 0 Å². The van der Waals surface area contributed by atoms with E-state index in [0.29, 0.717) is 6.54 Å². The number of unbranched alkanes of at least 4 members (excludes halogenated alkanes) is 1. The van der Waals surface area contributed by atoms with Crippen molar-refractivity contribution < 1.29 is 5.21 Å². The average molecular weight is 207 g/mol. The molecular formula is C13H21NO. The number of aryl methyl sites for hydroxylation is 1. The average Bonchev–Trinajstić information content (AvgIpc) is 2.25. The van der Waals surface area contributed by atoms with Crippen LogP contribution in [0.15, 0.2) is 18.2 Å². The van der Waals surface area contributed by atoms with Gasteiger partial charge in [-0.3, -0.25) is 10.3 Å². The number of hydrogen-bond acceptors (Lipinski definition) is 2. The number of nitrogens with zero attached hydrogens (tertiary/aromatic N) is 1. The molecule has 1 aromatic rings. The predicted octanol–water partition coefficient (Wildman–Crippen LogP) is 3.55. The van der Waals surface area contributed by atoms with Gasteiger partial charge in [-0.15, -0.1) is 0 Å². The fraction of sp³-hybridized carbons (Fsp3) is 0.538. The second kappa shape index (κ2) is 5.76. The molecule has 0 aliphatic rings. The zero-order chi connectivity index (χ0) is 11.3. The Morgan fingerprint density at radius 2 is 2.00 bits per heavy atom. The summed E-state index contributed by atoms with van der Waals surface area (Å²) in [5.41, 5.74) is 3.47. The van der Waals surface area contributed by atoms with E-state index in [1.807, 2.05) is 12.1 Å². The van der Waals surface area contributed by atoms with Crippen LogP contribution in [0.4, 0.5) is 5.69 Å². The lowest BCUT2D eigenvalue weighted by atomic mass is 10.0. The molecule has 0 radical (unpaired) electrons. The van der Waals surface area contributed by atoms with Crippen molar-refractivity contribution in [3.8, 4) is 0 Å². The van der Waals surface area contributed by atoms with Crippen LogP contribution in [0.2, 0.25) is 0 Å². The molecule has 1 N–H and O–H groups in total. The lowest BCUT2D eigenvalue weighted by molar-refractivity contribution is 0.251. The van der Waals surface area contributed by atoms with Gasteiger partial charge in [0.25, 0.3) is 0 Å². The van der Waals surface area contributed by atoms with Gasteiger partial charge in [-0.2, -0.15) is 0 Å². The van der Waals surface area contributed by atoms with E-state index in [2.05, 4.69) is 26.8 Å². The maximum absolute atomic E-state index is 9.92. The summed E-state index contributed by atoms with van der Waals surface area (Å²) in [5.74, 6) is 0. The fourth-order valence-electron chi connectivity index (χ4n) is 1.82. The van der Waals surface area contributed by atoms with E-state index < -0.39 is 0 Å². The maximum Gasteiger partial charge on any atom is 0.0668 e. The van der Waals surface area contributed by atoms with E-state index in [4.69, 9.17) is 0 Å². The molecule has 15 heavy (non-hydrogen) atoms. The predicted molar refractivity (Wildman–Crippen MR) is 64.6 cm³/mol. The van der Waals surface area contributed by atoms with E-state index in [1.165, 1.54) is 16.2 Å². The van der Waals surface area contributed by atoms with Gasteiger partial charge in [0.15, 0.2) is 0 Å². The topological polar surface area (TPSA) is 23.5 Å². The summed E-state index contributed by atoms with van der Waals surface area (Å²) in [6.07, 6.45) is 3.09. The summed E-state index contributed by atoms with van der Waals surface area (Å²) in [6.45, 7) is 7.06. The second-order valence-electron chi connectivity index (χ2n) is 3.90. The molecule has 0 saturated carbocycles. The van der Waals surface area contributed by atoms with Crippen LogP contribution in [0, 0.1) is 6.92 Å². The molecule has 0 atom stereocenters. The molecule has 1 rings (SSSR count). The Labute approximate surface area is 92.5 Å².